The maximum Gasteiger partial charge on any atom is 0.138 e. The maximum atomic E-state index is 11.8. The molecule has 2 heteroatoms. The molecule has 14 heavy (non-hydrogen) atoms. The highest BCUT2D eigenvalue weighted by atomic mass is 16.5. The van der Waals surface area contributed by atoms with Crippen LogP contribution in [0.2, 0.25) is 0 Å². The van der Waals surface area contributed by atoms with Crippen LogP contribution in [0.3, 0.4) is 0 Å². The van der Waals surface area contributed by atoms with Crippen molar-refractivity contribution in [2.24, 2.45) is 17.3 Å². The van der Waals surface area contributed by atoms with E-state index in [0.717, 1.165) is 6.42 Å². The van der Waals surface area contributed by atoms with Gasteiger partial charge in [0.05, 0.1) is 12.0 Å². The van der Waals surface area contributed by atoms with E-state index in [4.69, 9.17) is 4.74 Å². The van der Waals surface area contributed by atoms with Crippen LogP contribution in [0.5, 0.6) is 0 Å². The third kappa shape index (κ3) is 3.09. The third-order valence-corrected chi connectivity index (χ3v) is 2.98. The summed E-state index contributed by atoms with van der Waals surface area (Å²) in [6.07, 6.45) is 0.911. The molecule has 2 nitrogen and oxygen atoms in total. The van der Waals surface area contributed by atoms with Crippen molar-refractivity contribution in [2.45, 2.75) is 41.0 Å². The van der Waals surface area contributed by atoms with E-state index in [1.807, 2.05) is 0 Å². The summed E-state index contributed by atoms with van der Waals surface area (Å²) >= 11 is 0. The van der Waals surface area contributed by atoms with Gasteiger partial charge >= 0.3 is 0 Å². The van der Waals surface area contributed by atoms with Crippen molar-refractivity contribution in [3.05, 3.63) is 0 Å². The lowest BCUT2D eigenvalue weighted by molar-refractivity contribution is -0.134. The minimum Gasteiger partial charge on any atom is -0.384 e. The molecule has 0 aromatic rings. The number of hydrogen-bond acceptors (Lipinski definition) is 2. The molecular weight excluding hydrogens is 176 g/mol. The molecule has 0 radical (unpaired) electrons. The molecular formula is C12H24O2. The zero-order valence-electron chi connectivity index (χ0n) is 10.4. The Labute approximate surface area is 88.0 Å². The van der Waals surface area contributed by atoms with Crippen molar-refractivity contribution in [1.82, 2.24) is 0 Å². The predicted molar refractivity (Wildman–Crippen MR) is 59.3 cm³/mol. The fraction of sp³-hybridized carbons (Fsp3) is 0.917. The van der Waals surface area contributed by atoms with Crippen molar-refractivity contribution in [2.75, 3.05) is 13.7 Å². The van der Waals surface area contributed by atoms with Gasteiger partial charge in [-0.2, -0.15) is 0 Å². The standard InChI is InChI=1S/C12H24O2/c1-9(2)7-12(8-14-6,10(3)4)11(5)13/h9-10H,7-8H2,1-6H3. The Kier molecular flexibility index (Phi) is 5.35. The first-order chi connectivity index (χ1) is 6.36. The van der Waals surface area contributed by atoms with Crippen molar-refractivity contribution in [1.29, 1.82) is 0 Å². The molecule has 0 saturated carbocycles. The fourth-order valence-corrected chi connectivity index (χ4v) is 2.10. The van der Waals surface area contributed by atoms with E-state index in [9.17, 15) is 4.79 Å². The Bertz CT molecular complexity index is 185. The first-order valence-electron chi connectivity index (χ1n) is 5.36. The molecule has 0 amide bonds. The van der Waals surface area contributed by atoms with Crippen molar-refractivity contribution < 1.29 is 9.53 Å². The van der Waals surface area contributed by atoms with Gasteiger partial charge in [-0.3, -0.25) is 4.79 Å². The number of ether oxygens (including phenoxy) is 1. The summed E-state index contributed by atoms with van der Waals surface area (Å²) in [5.41, 5.74) is -0.289. The highest BCUT2D eigenvalue weighted by Gasteiger charge is 2.39. The molecule has 0 aliphatic carbocycles. The molecule has 0 saturated heterocycles. The van der Waals surface area contributed by atoms with Gasteiger partial charge in [0.1, 0.15) is 5.78 Å². The summed E-state index contributed by atoms with van der Waals surface area (Å²) in [5, 5.41) is 0. The monoisotopic (exact) mass is 200 g/mol. The molecule has 0 aliphatic heterocycles. The minimum atomic E-state index is -0.289. The van der Waals surface area contributed by atoms with E-state index in [1.54, 1.807) is 14.0 Å². The van der Waals surface area contributed by atoms with Gasteiger partial charge < -0.3 is 4.74 Å². The summed E-state index contributed by atoms with van der Waals surface area (Å²) in [6, 6.07) is 0. The van der Waals surface area contributed by atoms with E-state index in [0.29, 0.717) is 18.4 Å². The van der Waals surface area contributed by atoms with Crippen LogP contribution in [0.15, 0.2) is 0 Å². The normalized spacial score (nSPS) is 16.0. The second-order valence-electron chi connectivity index (χ2n) is 4.90. The second-order valence-corrected chi connectivity index (χ2v) is 4.90. The van der Waals surface area contributed by atoms with Crippen LogP contribution in [0, 0.1) is 17.3 Å². The molecule has 0 aromatic heterocycles. The first-order valence-corrected chi connectivity index (χ1v) is 5.36. The molecule has 1 atom stereocenters. The summed E-state index contributed by atoms with van der Waals surface area (Å²) < 4.78 is 5.21. The predicted octanol–water partition coefficient (Wildman–Crippen LogP) is 2.91. The Hall–Kier alpha value is -0.370. The van der Waals surface area contributed by atoms with E-state index in [1.165, 1.54) is 0 Å². The van der Waals surface area contributed by atoms with E-state index in [-0.39, 0.29) is 11.2 Å². The minimum absolute atomic E-state index is 0.253. The largest absolute Gasteiger partial charge is 0.384 e. The molecule has 0 N–H and O–H groups in total. The molecule has 1 unspecified atom stereocenters. The number of carbonyl (C=O) groups is 1. The molecule has 0 spiro atoms. The van der Waals surface area contributed by atoms with Crippen molar-refractivity contribution >= 4 is 5.78 Å². The average Bonchev–Trinajstić information content (AvgIpc) is 2.01. The average molecular weight is 200 g/mol. The maximum absolute atomic E-state index is 11.8. The van der Waals surface area contributed by atoms with Crippen LogP contribution in [-0.2, 0) is 9.53 Å². The van der Waals surface area contributed by atoms with Crippen LogP contribution in [0.4, 0.5) is 0 Å². The quantitative estimate of drug-likeness (QED) is 0.659. The number of rotatable bonds is 6. The van der Waals surface area contributed by atoms with Crippen LogP contribution in [0.1, 0.15) is 41.0 Å². The molecule has 0 heterocycles. The molecule has 0 fully saturated rings. The van der Waals surface area contributed by atoms with Crippen LogP contribution >= 0.6 is 0 Å². The molecule has 84 valence electrons. The van der Waals surface area contributed by atoms with Gasteiger partial charge in [-0.1, -0.05) is 27.7 Å². The smallest absolute Gasteiger partial charge is 0.138 e. The van der Waals surface area contributed by atoms with Gasteiger partial charge in [0.15, 0.2) is 0 Å². The summed E-state index contributed by atoms with van der Waals surface area (Å²) in [4.78, 5) is 11.8. The first kappa shape index (κ1) is 13.6. The number of carbonyl (C=O) groups excluding carboxylic acids is 1. The number of Topliss-reactive ketones (excluding diaryl/α,β-unsaturated/α-hetero) is 1. The van der Waals surface area contributed by atoms with Crippen molar-refractivity contribution in [3.63, 3.8) is 0 Å². The highest BCUT2D eigenvalue weighted by molar-refractivity contribution is 5.82. The Balaban J connectivity index is 4.84. The summed E-state index contributed by atoms with van der Waals surface area (Å²) in [7, 11) is 1.67. The van der Waals surface area contributed by atoms with Gasteiger partial charge in [-0.05, 0) is 25.2 Å². The van der Waals surface area contributed by atoms with Gasteiger partial charge in [0, 0.05) is 7.11 Å². The number of methoxy groups -OCH3 is 1. The lowest BCUT2D eigenvalue weighted by atomic mass is 9.69. The number of ketones is 1. The summed E-state index contributed by atoms with van der Waals surface area (Å²) in [6.45, 7) is 10.7. The zero-order chi connectivity index (χ0) is 11.4. The molecule has 0 aromatic carbocycles. The van der Waals surface area contributed by atoms with E-state index in [2.05, 4.69) is 27.7 Å². The van der Waals surface area contributed by atoms with E-state index < -0.39 is 0 Å². The zero-order valence-corrected chi connectivity index (χ0v) is 10.4. The fourth-order valence-electron chi connectivity index (χ4n) is 2.10. The Morgan fingerprint density at radius 1 is 1.29 bits per heavy atom. The Morgan fingerprint density at radius 2 is 1.79 bits per heavy atom. The van der Waals surface area contributed by atoms with Gasteiger partial charge in [-0.25, -0.2) is 0 Å². The van der Waals surface area contributed by atoms with Crippen molar-refractivity contribution in [3.8, 4) is 0 Å². The van der Waals surface area contributed by atoms with Gasteiger partial charge in [0.2, 0.25) is 0 Å². The van der Waals surface area contributed by atoms with Gasteiger partial charge in [-0.15, -0.1) is 0 Å². The molecule has 0 rings (SSSR count). The highest BCUT2D eigenvalue weighted by Crippen LogP contribution is 2.36. The van der Waals surface area contributed by atoms with Crippen LogP contribution in [-0.4, -0.2) is 19.5 Å². The molecule has 0 bridgehead atoms. The lowest BCUT2D eigenvalue weighted by Gasteiger charge is -2.36. The SMILES string of the molecule is COCC(CC(C)C)(C(C)=O)C(C)C. The topological polar surface area (TPSA) is 26.3 Å². The third-order valence-electron chi connectivity index (χ3n) is 2.98. The molecule has 0 aliphatic rings. The van der Waals surface area contributed by atoms with Crippen LogP contribution < -0.4 is 0 Å². The summed E-state index contributed by atoms with van der Waals surface area (Å²) in [5.74, 6) is 1.11. The Morgan fingerprint density at radius 3 is 2.00 bits per heavy atom. The van der Waals surface area contributed by atoms with E-state index >= 15 is 0 Å². The van der Waals surface area contributed by atoms with Gasteiger partial charge in [0.25, 0.3) is 0 Å². The second kappa shape index (κ2) is 5.50. The lowest BCUT2D eigenvalue weighted by Crippen LogP contribution is -2.40. The number of hydrogen-bond donors (Lipinski definition) is 0. The van der Waals surface area contributed by atoms with Crippen LogP contribution in [0.25, 0.3) is 0 Å².